The quantitative estimate of drug-likeness (QED) is 0.751. The molecule has 0 aliphatic heterocycles. The number of esters is 1. The number of hydrogen-bond acceptors (Lipinski definition) is 3. The number of benzene rings is 1. The first-order valence-corrected chi connectivity index (χ1v) is 6.54. The zero-order chi connectivity index (χ0) is 15.1. The SMILES string of the molecule is COC(=O)CN(C(=O)CCc1ccc(F)cc1)C(C)C. The Morgan fingerprint density at radius 3 is 2.35 bits per heavy atom. The topological polar surface area (TPSA) is 46.6 Å². The Kier molecular flexibility index (Phi) is 6.15. The molecule has 0 unspecified atom stereocenters. The van der Waals surface area contributed by atoms with Gasteiger partial charge in [-0.15, -0.1) is 0 Å². The third kappa shape index (κ3) is 4.99. The molecule has 0 fully saturated rings. The zero-order valence-electron chi connectivity index (χ0n) is 12.1. The fourth-order valence-electron chi connectivity index (χ4n) is 1.81. The van der Waals surface area contributed by atoms with E-state index in [9.17, 15) is 14.0 Å². The van der Waals surface area contributed by atoms with Crippen LogP contribution < -0.4 is 0 Å². The molecule has 110 valence electrons. The van der Waals surface area contributed by atoms with Crippen molar-refractivity contribution >= 4 is 11.9 Å². The fraction of sp³-hybridized carbons (Fsp3) is 0.467. The molecule has 20 heavy (non-hydrogen) atoms. The van der Waals surface area contributed by atoms with Crippen molar-refractivity contribution in [2.45, 2.75) is 32.7 Å². The van der Waals surface area contributed by atoms with E-state index >= 15 is 0 Å². The van der Waals surface area contributed by atoms with E-state index in [1.54, 1.807) is 12.1 Å². The molecule has 1 aromatic rings. The number of nitrogens with zero attached hydrogens (tertiary/aromatic N) is 1. The Morgan fingerprint density at radius 2 is 1.85 bits per heavy atom. The molecular formula is C15H20FNO3. The van der Waals surface area contributed by atoms with Crippen LogP contribution in [0, 0.1) is 5.82 Å². The van der Waals surface area contributed by atoms with E-state index in [1.807, 2.05) is 13.8 Å². The highest BCUT2D eigenvalue weighted by molar-refractivity contribution is 5.82. The van der Waals surface area contributed by atoms with Crippen LogP contribution in [0.5, 0.6) is 0 Å². The van der Waals surface area contributed by atoms with Crippen molar-refractivity contribution in [3.05, 3.63) is 35.6 Å². The molecule has 5 heteroatoms. The molecule has 0 N–H and O–H groups in total. The molecule has 0 aliphatic rings. The molecule has 0 saturated carbocycles. The minimum Gasteiger partial charge on any atom is -0.468 e. The highest BCUT2D eigenvalue weighted by Gasteiger charge is 2.20. The van der Waals surface area contributed by atoms with Crippen molar-refractivity contribution in [2.75, 3.05) is 13.7 Å². The molecule has 4 nitrogen and oxygen atoms in total. The maximum atomic E-state index is 12.8. The van der Waals surface area contributed by atoms with Crippen LogP contribution in [0.3, 0.4) is 0 Å². The second-order valence-corrected chi connectivity index (χ2v) is 4.82. The van der Waals surface area contributed by atoms with E-state index in [2.05, 4.69) is 4.74 Å². The van der Waals surface area contributed by atoms with Gasteiger partial charge in [-0.2, -0.15) is 0 Å². The summed E-state index contributed by atoms with van der Waals surface area (Å²) in [5.74, 6) is -0.849. The number of aryl methyl sites for hydroxylation is 1. The molecule has 0 spiro atoms. The number of amides is 1. The second-order valence-electron chi connectivity index (χ2n) is 4.82. The van der Waals surface area contributed by atoms with Gasteiger partial charge in [0, 0.05) is 12.5 Å². The average Bonchev–Trinajstić information content (AvgIpc) is 2.43. The Bertz CT molecular complexity index is 457. The van der Waals surface area contributed by atoms with Gasteiger partial charge in [0.05, 0.1) is 7.11 Å². The number of carbonyl (C=O) groups is 2. The lowest BCUT2D eigenvalue weighted by Gasteiger charge is -2.25. The summed E-state index contributed by atoms with van der Waals surface area (Å²) in [6, 6.07) is 5.98. The van der Waals surface area contributed by atoms with Crippen molar-refractivity contribution in [3.63, 3.8) is 0 Å². The lowest BCUT2D eigenvalue weighted by Crippen LogP contribution is -2.41. The third-order valence-corrected chi connectivity index (χ3v) is 3.01. The van der Waals surface area contributed by atoms with Gasteiger partial charge in [-0.3, -0.25) is 9.59 Å². The van der Waals surface area contributed by atoms with E-state index in [-0.39, 0.29) is 30.7 Å². The largest absolute Gasteiger partial charge is 0.468 e. The van der Waals surface area contributed by atoms with Crippen molar-refractivity contribution in [1.82, 2.24) is 4.90 Å². The monoisotopic (exact) mass is 281 g/mol. The summed E-state index contributed by atoms with van der Waals surface area (Å²) in [5.41, 5.74) is 0.890. The first-order valence-electron chi connectivity index (χ1n) is 6.54. The van der Waals surface area contributed by atoms with Gasteiger partial charge in [-0.25, -0.2) is 4.39 Å². The maximum absolute atomic E-state index is 12.8. The Balaban J connectivity index is 2.57. The van der Waals surface area contributed by atoms with Crippen LogP contribution in [-0.2, 0) is 20.7 Å². The molecule has 0 atom stereocenters. The van der Waals surface area contributed by atoms with E-state index in [0.29, 0.717) is 6.42 Å². The van der Waals surface area contributed by atoms with Gasteiger partial charge >= 0.3 is 5.97 Å². The number of methoxy groups -OCH3 is 1. The van der Waals surface area contributed by atoms with Crippen LogP contribution >= 0.6 is 0 Å². The predicted octanol–water partition coefficient (Wildman–Crippen LogP) is 2.17. The van der Waals surface area contributed by atoms with Crippen LogP contribution in [-0.4, -0.2) is 36.5 Å². The molecular weight excluding hydrogens is 261 g/mol. The second kappa shape index (κ2) is 7.62. The van der Waals surface area contributed by atoms with Crippen LogP contribution in [0.15, 0.2) is 24.3 Å². The minimum absolute atomic E-state index is 0.0452. The summed E-state index contributed by atoms with van der Waals surface area (Å²) in [5, 5.41) is 0. The molecule has 0 bridgehead atoms. The first kappa shape index (κ1) is 16.1. The summed E-state index contributed by atoms with van der Waals surface area (Å²) >= 11 is 0. The van der Waals surface area contributed by atoms with Gasteiger partial charge in [0.15, 0.2) is 0 Å². The van der Waals surface area contributed by atoms with Gasteiger partial charge in [0.1, 0.15) is 12.4 Å². The standard InChI is InChI=1S/C15H20FNO3/c1-11(2)17(10-15(19)20-3)14(18)9-6-12-4-7-13(16)8-5-12/h4-5,7-8,11H,6,9-10H2,1-3H3. The fourth-order valence-corrected chi connectivity index (χ4v) is 1.81. The van der Waals surface area contributed by atoms with Crippen LogP contribution in [0.1, 0.15) is 25.8 Å². The Morgan fingerprint density at radius 1 is 1.25 bits per heavy atom. The predicted molar refractivity (Wildman–Crippen MR) is 73.6 cm³/mol. The van der Waals surface area contributed by atoms with Crippen molar-refractivity contribution in [2.24, 2.45) is 0 Å². The molecule has 1 aromatic carbocycles. The van der Waals surface area contributed by atoms with Gasteiger partial charge < -0.3 is 9.64 Å². The zero-order valence-corrected chi connectivity index (χ0v) is 12.1. The Labute approximate surface area is 118 Å². The summed E-state index contributed by atoms with van der Waals surface area (Å²) in [6.45, 7) is 3.65. The van der Waals surface area contributed by atoms with Crippen LogP contribution in [0.25, 0.3) is 0 Å². The van der Waals surface area contributed by atoms with E-state index < -0.39 is 5.97 Å². The molecule has 1 rings (SSSR count). The Hall–Kier alpha value is -1.91. The third-order valence-electron chi connectivity index (χ3n) is 3.01. The summed E-state index contributed by atoms with van der Waals surface area (Å²) in [6.07, 6.45) is 0.796. The van der Waals surface area contributed by atoms with Crippen molar-refractivity contribution in [1.29, 1.82) is 0 Å². The van der Waals surface area contributed by atoms with Gasteiger partial charge in [-0.05, 0) is 38.0 Å². The molecule has 0 aromatic heterocycles. The molecule has 0 saturated heterocycles. The van der Waals surface area contributed by atoms with Gasteiger partial charge in [-0.1, -0.05) is 12.1 Å². The summed E-state index contributed by atoms with van der Waals surface area (Å²) in [4.78, 5) is 24.9. The molecule has 1 amide bonds. The normalized spacial score (nSPS) is 10.4. The number of hydrogen-bond donors (Lipinski definition) is 0. The minimum atomic E-state index is -0.436. The van der Waals surface area contributed by atoms with Crippen LogP contribution in [0.4, 0.5) is 4.39 Å². The average molecular weight is 281 g/mol. The lowest BCUT2D eigenvalue weighted by atomic mass is 10.1. The van der Waals surface area contributed by atoms with Crippen molar-refractivity contribution in [3.8, 4) is 0 Å². The van der Waals surface area contributed by atoms with E-state index in [1.165, 1.54) is 24.1 Å². The number of halogens is 1. The van der Waals surface area contributed by atoms with Gasteiger partial charge in [0.2, 0.25) is 5.91 Å². The number of ether oxygens (including phenoxy) is 1. The number of rotatable bonds is 6. The highest BCUT2D eigenvalue weighted by atomic mass is 19.1. The first-order chi connectivity index (χ1) is 9.43. The highest BCUT2D eigenvalue weighted by Crippen LogP contribution is 2.09. The smallest absolute Gasteiger partial charge is 0.325 e. The summed E-state index contributed by atoms with van der Waals surface area (Å²) < 4.78 is 17.4. The van der Waals surface area contributed by atoms with Crippen LogP contribution in [0.2, 0.25) is 0 Å². The summed E-state index contributed by atoms with van der Waals surface area (Å²) in [7, 11) is 1.30. The molecule has 0 aliphatic carbocycles. The van der Waals surface area contributed by atoms with E-state index in [4.69, 9.17) is 0 Å². The lowest BCUT2D eigenvalue weighted by molar-refractivity contribution is -0.148. The maximum Gasteiger partial charge on any atom is 0.325 e. The van der Waals surface area contributed by atoms with E-state index in [0.717, 1.165) is 5.56 Å². The number of carbonyl (C=O) groups excluding carboxylic acids is 2. The van der Waals surface area contributed by atoms with Gasteiger partial charge in [0.25, 0.3) is 0 Å². The molecule has 0 radical (unpaired) electrons. The van der Waals surface area contributed by atoms with Crippen molar-refractivity contribution < 1.29 is 18.7 Å². The molecule has 0 heterocycles.